The van der Waals surface area contributed by atoms with E-state index in [-0.39, 0.29) is 33.8 Å². The second-order valence-corrected chi connectivity index (χ2v) is 42.2. The Morgan fingerprint density at radius 2 is 1.71 bits per heavy atom. The van der Waals surface area contributed by atoms with Crippen LogP contribution in [0.2, 0.25) is 0 Å². The van der Waals surface area contributed by atoms with E-state index in [1.54, 1.807) is 6.92 Å². The van der Waals surface area contributed by atoms with Crippen LogP contribution in [0.3, 0.4) is 0 Å². The van der Waals surface area contributed by atoms with Crippen LogP contribution in [0, 0.1) is 5.92 Å². The predicted octanol–water partition coefficient (Wildman–Crippen LogP) is 4.19. The van der Waals surface area contributed by atoms with Crippen LogP contribution in [-0.2, 0) is 19.3 Å². The van der Waals surface area contributed by atoms with Gasteiger partial charge in [0.1, 0.15) is 4.75 Å². The molecule has 1 aliphatic rings. The first-order valence-corrected chi connectivity index (χ1v) is 21.4. The van der Waals surface area contributed by atoms with Gasteiger partial charge in [-0.05, 0) is 37.4 Å². The molecular weight excluding hydrogens is 712 g/mol. The van der Waals surface area contributed by atoms with Crippen molar-refractivity contribution in [2.24, 2.45) is 5.92 Å². The summed E-state index contributed by atoms with van der Waals surface area (Å²) in [5.41, 5.74) is 0. The van der Waals surface area contributed by atoms with Gasteiger partial charge in [-0.1, -0.05) is 6.92 Å². The topological polar surface area (TPSA) is 83.6 Å². The van der Waals surface area contributed by atoms with E-state index >= 15 is 0 Å². The Kier molecular flexibility index (Phi) is 12.7. The average molecular weight is 732 g/mol. The number of carbonyl (C=O) groups excluding carboxylic acids is 4. The van der Waals surface area contributed by atoms with E-state index in [9.17, 15) is 19.2 Å². The van der Waals surface area contributed by atoms with E-state index in [2.05, 4.69) is 65.3 Å². The quantitative estimate of drug-likeness (QED) is 0.430. The number of halogens is 3. The fraction of sp³-hybridized carbons (Fsp3) is 0.692. The monoisotopic (exact) mass is 732 g/mol. The fourth-order valence-electron chi connectivity index (χ4n) is 2.17. The van der Waals surface area contributed by atoms with Crippen molar-refractivity contribution in [3.05, 3.63) is 0 Å². The number of hydrogen-bond donors (Lipinski definition) is 1. The van der Waals surface area contributed by atoms with Crippen LogP contribution in [-0.4, -0.2) is 39.2 Å². The van der Waals surface area contributed by atoms with Gasteiger partial charge in [0, 0.05) is 20.4 Å². The summed E-state index contributed by atoms with van der Waals surface area (Å²) in [7, 11) is 0. The third-order valence-electron chi connectivity index (χ3n) is 3.69. The molecule has 0 aromatic carbocycles. The van der Waals surface area contributed by atoms with Crippen molar-refractivity contribution in [2.75, 3.05) is 6.54 Å². The van der Waals surface area contributed by atoms with Crippen molar-refractivity contribution in [2.45, 2.75) is 45.3 Å². The van der Waals surface area contributed by atoms with Crippen LogP contribution >= 0.6 is 71.7 Å². The van der Waals surface area contributed by atoms with Crippen molar-refractivity contribution >= 4 is 94.7 Å². The standard InChI is InChI=1S/C13H20N2O4S.3HI.V/c1-8(13(4)11(18)14-12(19)20-13)6-5-7-15(9(2)16)10(3)17;;;;/h8H,5-7H2,1-4H3,(H,14,18,19);3*1H;/q;;;;+3/p-3. The molecule has 1 fully saturated rings. The van der Waals surface area contributed by atoms with E-state index in [1.165, 1.54) is 18.7 Å². The molecule has 6 nitrogen and oxygen atoms in total. The van der Waals surface area contributed by atoms with E-state index < -0.39 is 4.75 Å². The zero-order chi connectivity index (χ0) is 19.1. The molecule has 1 saturated heterocycles. The molecule has 1 heterocycles. The molecule has 0 bridgehead atoms. The Morgan fingerprint density at radius 1 is 1.25 bits per heavy atom. The molecular formula is C13H20I3N2O4SV. The molecule has 2 unspecified atom stereocenters. The van der Waals surface area contributed by atoms with Crippen LogP contribution < -0.4 is 5.32 Å². The first-order chi connectivity index (χ1) is 10.9. The number of rotatable bonds is 5. The Balaban J connectivity index is 0.00000118. The number of thioether (sulfide) groups is 1. The van der Waals surface area contributed by atoms with Crippen molar-refractivity contribution in [3.63, 3.8) is 0 Å². The summed E-state index contributed by atoms with van der Waals surface area (Å²) in [5, 5.41) is 1.97. The minimum atomic E-state index is -0.769. The summed E-state index contributed by atoms with van der Waals surface area (Å²) in [6, 6.07) is 0. The molecule has 1 rings (SSSR count). The van der Waals surface area contributed by atoms with Crippen LogP contribution in [0.4, 0.5) is 4.79 Å². The molecule has 1 N–H and O–H groups in total. The van der Waals surface area contributed by atoms with Gasteiger partial charge in [0.2, 0.25) is 17.7 Å². The average Bonchev–Trinajstić information content (AvgIpc) is 2.67. The van der Waals surface area contributed by atoms with Crippen molar-refractivity contribution in [3.8, 4) is 0 Å². The van der Waals surface area contributed by atoms with E-state index in [0.29, 0.717) is 19.4 Å². The number of nitrogens with zero attached hydrogens (tertiary/aromatic N) is 1. The van der Waals surface area contributed by atoms with Crippen LogP contribution in [0.5, 0.6) is 0 Å². The van der Waals surface area contributed by atoms with Gasteiger partial charge in [-0.3, -0.25) is 29.4 Å². The number of nitrogens with one attached hydrogen (secondary N) is 1. The summed E-state index contributed by atoms with van der Waals surface area (Å²) >= 11 is 8.40. The summed E-state index contributed by atoms with van der Waals surface area (Å²) in [6.07, 6.45) is 1.26. The molecule has 2 atom stereocenters. The molecule has 0 radical (unpaired) electrons. The molecule has 0 saturated carbocycles. The second kappa shape index (κ2) is 12.0. The van der Waals surface area contributed by atoms with Crippen LogP contribution in [0.1, 0.15) is 40.5 Å². The van der Waals surface area contributed by atoms with Gasteiger partial charge in [-0.15, -0.1) is 0 Å². The Hall–Kier alpha value is 1.40. The van der Waals surface area contributed by atoms with Gasteiger partial charge < -0.3 is 0 Å². The predicted molar refractivity (Wildman–Crippen MR) is 118 cm³/mol. The molecule has 0 aromatic heterocycles. The van der Waals surface area contributed by atoms with E-state index in [4.69, 9.17) is 0 Å². The number of carbonyl (C=O) groups is 4. The molecule has 4 amide bonds. The van der Waals surface area contributed by atoms with Gasteiger partial charge in [-0.25, -0.2) is 0 Å². The van der Waals surface area contributed by atoms with Crippen LogP contribution in [0.15, 0.2) is 0 Å². The zero-order valence-electron chi connectivity index (χ0n) is 13.8. The Bertz CT molecular complexity index is 493. The number of hydrogen-bond acceptors (Lipinski definition) is 5. The normalized spacial score (nSPS) is 21.0. The summed E-state index contributed by atoms with van der Waals surface area (Å²) < 4.78 is -0.769. The Morgan fingerprint density at radius 3 is 2.04 bits per heavy atom. The molecule has 0 spiro atoms. The maximum atomic E-state index is 11.8. The summed E-state index contributed by atoms with van der Waals surface area (Å²) in [6.45, 7) is 6.69. The summed E-state index contributed by atoms with van der Waals surface area (Å²) in [4.78, 5) is 46.5. The molecule has 1 aliphatic heterocycles. The van der Waals surface area contributed by atoms with E-state index in [0.717, 1.165) is 11.8 Å². The van der Waals surface area contributed by atoms with Gasteiger partial charge in [-0.2, -0.15) is 0 Å². The summed E-state index contributed by atoms with van der Waals surface area (Å²) in [5.74, 6) is -0.853. The second-order valence-electron chi connectivity index (χ2n) is 5.38. The molecule has 24 heavy (non-hydrogen) atoms. The Labute approximate surface area is 184 Å². The first kappa shape index (κ1) is 25.4. The van der Waals surface area contributed by atoms with Crippen molar-refractivity contribution in [1.29, 1.82) is 0 Å². The van der Waals surface area contributed by atoms with Gasteiger partial charge in [0.15, 0.2) is 0 Å². The van der Waals surface area contributed by atoms with Gasteiger partial charge in [0.25, 0.3) is 5.24 Å². The van der Waals surface area contributed by atoms with Gasteiger partial charge >= 0.3 is 64.9 Å². The number of amides is 4. The fourth-order valence-corrected chi connectivity index (χ4v) is 3.16. The number of imide groups is 2. The molecule has 0 aromatic rings. The van der Waals surface area contributed by atoms with E-state index in [1.807, 2.05) is 6.92 Å². The zero-order valence-corrected chi connectivity index (χ0v) is 22.5. The third-order valence-corrected chi connectivity index (χ3v) is 4.99. The minimum absolute atomic E-state index is 0.0280. The van der Waals surface area contributed by atoms with Crippen molar-refractivity contribution in [1.82, 2.24) is 10.2 Å². The van der Waals surface area contributed by atoms with Gasteiger partial charge in [0.05, 0.1) is 0 Å². The molecule has 11 heteroatoms. The molecule has 0 aliphatic carbocycles. The SMILES string of the molecule is CC(=O)N(CCCC(C)C1(C)SC(=O)NC1=O)C(C)=O.[I][V]([I])[I]. The first-order valence-electron chi connectivity index (χ1n) is 7.02. The maximum absolute atomic E-state index is 11.8. The molecule has 138 valence electrons. The third kappa shape index (κ3) is 8.86. The van der Waals surface area contributed by atoms with Crippen LogP contribution in [0.25, 0.3) is 0 Å². The van der Waals surface area contributed by atoms with Crippen molar-refractivity contribution < 1.29 is 24.1 Å².